The van der Waals surface area contributed by atoms with Crippen molar-refractivity contribution in [3.05, 3.63) is 66.5 Å². The highest BCUT2D eigenvalue weighted by molar-refractivity contribution is 5.91. The molecule has 28 heavy (non-hydrogen) atoms. The molecule has 2 N–H and O–H groups in total. The van der Waals surface area contributed by atoms with Crippen molar-refractivity contribution in [1.82, 2.24) is 5.32 Å². The number of hydrogen-bond acceptors (Lipinski definition) is 4. The maximum absolute atomic E-state index is 12.4. The molecule has 6 nitrogen and oxygen atoms in total. The van der Waals surface area contributed by atoms with E-state index in [1.807, 2.05) is 42.5 Å². The molecular formula is C22H24N3O3+. The number of ether oxygens (including phenoxy) is 2. The Bertz CT molecular complexity index is 954. The van der Waals surface area contributed by atoms with Crippen LogP contribution in [0.2, 0.25) is 0 Å². The fourth-order valence-corrected chi connectivity index (χ4v) is 3.29. The van der Waals surface area contributed by atoms with E-state index in [9.17, 15) is 4.79 Å². The minimum absolute atomic E-state index is 0.141. The lowest BCUT2D eigenvalue weighted by molar-refractivity contribution is -0.382. The van der Waals surface area contributed by atoms with Crippen LogP contribution < -0.4 is 19.9 Å². The van der Waals surface area contributed by atoms with Gasteiger partial charge in [0.25, 0.3) is 5.69 Å². The monoisotopic (exact) mass is 378 g/mol. The third kappa shape index (κ3) is 4.40. The molecule has 4 rings (SSSR count). The molecule has 0 atom stereocenters. The second-order valence-electron chi connectivity index (χ2n) is 6.67. The highest BCUT2D eigenvalue weighted by Gasteiger charge is 2.17. The van der Waals surface area contributed by atoms with E-state index in [4.69, 9.17) is 9.47 Å². The third-order valence-electron chi connectivity index (χ3n) is 4.78. The van der Waals surface area contributed by atoms with Crippen LogP contribution in [0.15, 0.2) is 60.8 Å². The van der Waals surface area contributed by atoms with E-state index in [0.29, 0.717) is 32.1 Å². The first-order valence-corrected chi connectivity index (χ1v) is 9.54. The van der Waals surface area contributed by atoms with Crippen LogP contribution in [0.3, 0.4) is 0 Å². The number of carbonyl (C=O) groups excluding carboxylic acids is 1. The molecule has 1 aliphatic rings. The molecular weight excluding hydrogens is 354 g/mol. The molecule has 6 heteroatoms. The van der Waals surface area contributed by atoms with Crippen molar-refractivity contribution in [2.45, 2.75) is 0 Å². The number of H-pyrrole nitrogens is 1. The van der Waals surface area contributed by atoms with Crippen LogP contribution >= 0.6 is 0 Å². The van der Waals surface area contributed by atoms with Gasteiger partial charge in [-0.15, -0.1) is 0 Å². The Morgan fingerprint density at radius 3 is 2.75 bits per heavy atom. The fraction of sp³-hybridized carbons (Fsp3) is 0.273. The highest BCUT2D eigenvalue weighted by atomic mass is 16.5. The minimum Gasteiger partial charge on any atom is -0.492 e. The molecule has 0 spiro atoms. The summed E-state index contributed by atoms with van der Waals surface area (Å²) in [6, 6.07) is 18.0. The van der Waals surface area contributed by atoms with Gasteiger partial charge in [-0.3, -0.25) is 4.79 Å². The first-order chi connectivity index (χ1) is 13.8. The zero-order chi connectivity index (χ0) is 19.2. The standard InChI is InChI=1S/C22H23N3O3/c26-22(21-16-19(7-8-23-21)25-10-13-27-14-11-25)24-9-12-28-20-6-5-17-3-1-2-4-18(17)15-20/h1-8,15-16H,9-14H2,(H,24,26)/p+1. The Hall–Kier alpha value is -3.12. The number of fused-ring (bicyclic) bond motifs is 1. The second-order valence-corrected chi connectivity index (χ2v) is 6.67. The van der Waals surface area contributed by atoms with Crippen LogP contribution in [-0.2, 0) is 4.74 Å². The average molecular weight is 378 g/mol. The predicted octanol–water partition coefficient (Wildman–Crippen LogP) is 2.30. The summed E-state index contributed by atoms with van der Waals surface area (Å²) >= 11 is 0. The van der Waals surface area contributed by atoms with Gasteiger partial charge in [0, 0.05) is 30.9 Å². The largest absolute Gasteiger partial charge is 0.492 e. The van der Waals surface area contributed by atoms with Gasteiger partial charge >= 0.3 is 5.91 Å². The van der Waals surface area contributed by atoms with E-state index < -0.39 is 0 Å². The molecule has 0 bridgehead atoms. The molecule has 3 aromatic rings. The highest BCUT2D eigenvalue weighted by Crippen LogP contribution is 2.20. The van der Waals surface area contributed by atoms with Gasteiger partial charge in [0.15, 0.2) is 6.20 Å². The molecule has 1 saturated heterocycles. The quantitative estimate of drug-likeness (QED) is 0.669. The van der Waals surface area contributed by atoms with E-state index in [0.717, 1.165) is 29.9 Å². The van der Waals surface area contributed by atoms with E-state index in [-0.39, 0.29) is 5.91 Å². The number of nitrogens with zero attached hydrogens (tertiary/aromatic N) is 1. The molecule has 1 fully saturated rings. The summed E-state index contributed by atoms with van der Waals surface area (Å²) in [7, 11) is 0. The maximum atomic E-state index is 12.4. The Labute approximate surface area is 164 Å². The van der Waals surface area contributed by atoms with Crippen LogP contribution in [-0.4, -0.2) is 45.4 Å². The number of aromatic amines is 1. The number of nitrogens with one attached hydrogen (secondary N) is 2. The van der Waals surface area contributed by atoms with Gasteiger partial charge in [-0.2, -0.15) is 0 Å². The van der Waals surface area contributed by atoms with Crippen LogP contribution in [0.25, 0.3) is 10.8 Å². The number of morpholine rings is 1. The molecule has 2 heterocycles. The van der Waals surface area contributed by atoms with E-state index in [1.165, 1.54) is 5.39 Å². The lowest BCUT2D eigenvalue weighted by Crippen LogP contribution is -2.37. The Kier molecular flexibility index (Phi) is 5.68. The van der Waals surface area contributed by atoms with Gasteiger partial charge in [0.2, 0.25) is 0 Å². The number of aromatic nitrogens is 1. The second kappa shape index (κ2) is 8.71. The zero-order valence-electron chi connectivity index (χ0n) is 15.7. The van der Waals surface area contributed by atoms with E-state index in [2.05, 4.69) is 27.3 Å². The van der Waals surface area contributed by atoms with Gasteiger partial charge < -0.3 is 19.7 Å². The summed E-state index contributed by atoms with van der Waals surface area (Å²) in [5.41, 5.74) is 1.56. The van der Waals surface area contributed by atoms with Crippen molar-refractivity contribution in [3.8, 4) is 5.75 Å². The van der Waals surface area contributed by atoms with Crippen molar-refractivity contribution in [2.24, 2.45) is 0 Å². The number of hydrogen-bond donors (Lipinski definition) is 1. The molecule has 0 unspecified atom stereocenters. The van der Waals surface area contributed by atoms with Crippen LogP contribution in [0, 0.1) is 0 Å². The van der Waals surface area contributed by atoms with Crippen LogP contribution in [0.4, 0.5) is 5.69 Å². The zero-order valence-corrected chi connectivity index (χ0v) is 15.7. The smallest absolute Gasteiger partial charge is 0.316 e. The van der Waals surface area contributed by atoms with E-state index >= 15 is 0 Å². The molecule has 0 radical (unpaired) electrons. The summed E-state index contributed by atoms with van der Waals surface area (Å²) in [6.45, 7) is 3.95. The molecule has 144 valence electrons. The number of carbonyl (C=O) groups is 1. The van der Waals surface area contributed by atoms with Crippen molar-refractivity contribution >= 4 is 22.4 Å². The summed E-state index contributed by atoms with van der Waals surface area (Å²) in [4.78, 5) is 17.7. The van der Waals surface area contributed by atoms with Crippen molar-refractivity contribution in [3.63, 3.8) is 0 Å². The molecule has 2 aromatic carbocycles. The number of rotatable bonds is 6. The van der Waals surface area contributed by atoms with E-state index in [1.54, 1.807) is 6.20 Å². The van der Waals surface area contributed by atoms with Gasteiger partial charge in [-0.1, -0.05) is 30.3 Å². The molecule has 0 saturated carbocycles. The third-order valence-corrected chi connectivity index (χ3v) is 4.78. The first kappa shape index (κ1) is 18.3. The Balaban J connectivity index is 1.29. The molecule has 0 aliphatic carbocycles. The Morgan fingerprint density at radius 1 is 1.07 bits per heavy atom. The average Bonchev–Trinajstić information content (AvgIpc) is 2.77. The van der Waals surface area contributed by atoms with Crippen LogP contribution in [0.5, 0.6) is 5.75 Å². The van der Waals surface area contributed by atoms with Gasteiger partial charge in [-0.25, -0.2) is 4.98 Å². The Morgan fingerprint density at radius 2 is 1.89 bits per heavy atom. The lowest BCUT2D eigenvalue weighted by Gasteiger charge is -2.28. The minimum atomic E-state index is -0.141. The summed E-state index contributed by atoms with van der Waals surface area (Å²) < 4.78 is 11.2. The molecule has 1 amide bonds. The fourth-order valence-electron chi connectivity index (χ4n) is 3.29. The molecule has 1 aromatic heterocycles. The normalized spacial score (nSPS) is 14.1. The topological polar surface area (TPSA) is 64.9 Å². The lowest BCUT2D eigenvalue weighted by atomic mass is 10.1. The number of amides is 1. The summed E-state index contributed by atoms with van der Waals surface area (Å²) in [6.07, 6.45) is 1.80. The maximum Gasteiger partial charge on any atom is 0.316 e. The molecule has 1 aliphatic heterocycles. The van der Waals surface area contributed by atoms with Gasteiger partial charge in [0.1, 0.15) is 12.4 Å². The number of pyridine rings is 1. The predicted molar refractivity (Wildman–Crippen MR) is 108 cm³/mol. The summed E-state index contributed by atoms with van der Waals surface area (Å²) in [5, 5.41) is 5.22. The van der Waals surface area contributed by atoms with Crippen molar-refractivity contribution < 1.29 is 19.3 Å². The summed E-state index contributed by atoms with van der Waals surface area (Å²) in [5.74, 6) is 0.658. The number of anilines is 1. The first-order valence-electron chi connectivity index (χ1n) is 9.54. The SMILES string of the molecule is O=C(NCCOc1ccc2ccccc2c1)c1cc(N2CCOCC2)cc[nH+]1. The van der Waals surface area contributed by atoms with Gasteiger partial charge in [0.05, 0.1) is 19.8 Å². The number of benzene rings is 2. The van der Waals surface area contributed by atoms with Gasteiger partial charge in [-0.05, 0) is 22.9 Å². The van der Waals surface area contributed by atoms with Crippen LogP contribution in [0.1, 0.15) is 10.5 Å². The van der Waals surface area contributed by atoms with Crippen molar-refractivity contribution in [2.75, 3.05) is 44.4 Å². The van der Waals surface area contributed by atoms with Crippen molar-refractivity contribution in [1.29, 1.82) is 0 Å².